The standard InChI is InChI=1S/C20H22BrCl2N3O2/c21-16-4-1-14(2-5-16)10-24-20(27)25-11-17-13-26(7-8-28-17)12-15-3-6-18(22)19(23)9-15/h1-6,9,17H,7-8,10-13H2,(H2,24,25,27). The average Bonchev–Trinajstić information content (AvgIpc) is 2.69. The largest absolute Gasteiger partial charge is 0.374 e. The predicted molar refractivity (Wildman–Crippen MR) is 116 cm³/mol. The molecule has 3 rings (SSSR count). The van der Waals surface area contributed by atoms with Gasteiger partial charge in [0.15, 0.2) is 0 Å². The van der Waals surface area contributed by atoms with Crippen molar-refractivity contribution in [2.24, 2.45) is 0 Å². The Morgan fingerprint density at radius 1 is 1.11 bits per heavy atom. The van der Waals surface area contributed by atoms with Crippen molar-refractivity contribution in [3.63, 3.8) is 0 Å². The summed E-state index contributed by atoms with van der Waals surface area (Å²) in [5.74, 6) is 0. The molecule has 1 aliphatic rings. The van der Waals surface area contributed by atoms with Crippen molar-refractivity contribution in [3.8, 4) is 0 Å². The van der Waals surface area contributed by atoms with E-state index in [0.717, 1.165) is 35.2 Å². The smallest absolute Gasteiger partial charge is 0.315 e. The van der Waals surface area contributed by atoms with Gasteiger partial charge in [-0.15, -0.1) is 0 Å². The summed E-state index contributed by atoms with van der Waals surface area (Å²) < 4.78 is 6.79. The maximum absolute atomic E-state index is 12.0. The zero-order valence-electron chi connectivity index (χ0n) is 15.3. The van der Waals surface area contributed by atoms with E-state index in [4.69, 9.17) is 27.9 Å². The number of morpholine rings is 1. The van der Waals surface area contributed by atoms with Gasteiger partial charge in [0, 0.05) is 37.2 Å². The molecule has 1 aliphatic heterocycles. The molecule has 2 aromatic rings. The molecular weight excluding hydrogens is 465 g/mol. The van der Waals surface area contributed by atoms with Crippen LogP contribution in [-0.4, -0.2) is 43.3 Å². The molecule has 1 fully saturated rings. The molecule has 0 radical (unpaired) electrons. The maximum atomic E-state index is 12.0. The highest BCUT2D eigenvalue weighted by molar-refractivity contribution is 9.10. The van der Waals surface area contributed by atoms with Crippen LogP contribution in [0.4, 0.5) is 4.79 Å². The molecule has 0 aromatic heterocycles. The van der Waals surface area contributed by atoms with Crippen molar-refractivity contribution in [2.75, 3.05) is 26.2 Å². The lowest BCUT2D eigenvalue weighted by molar-refractivity contribution is -0.0287. The first-order valence-electron chi connectivity index (χ1n) is 9.03. The number of nitrogens with one attached hydrogen (secondary N) is 2. The molecule has 0 spiro atoms. The first-order valence-corrected chi connectivity index (χ1v) is 10.6. The molecule has 0 bridgehead atoms. The van der Waals surface area contributed by atoms with Crippen LogP contribution in [-0.2, 0) is 17.8 Å². The third kappa shape index (κ3) is 6.64. The topological polar surface area (TPSA) is 53.6 Å². The number of urea groups is 1. The first kappa shape index (κ1) is 21.4. The summed E-state index contributed by atoms with van der Waals surface area (Å²) in [5.41, 5.74) is 2.15. The minimum absolute atomic E-state index is 0.0463. The summed E-state index contributed by atoms with van der Waals surface area (Å²) in [7, 11) is 0. The molecule has 8 heteroatoms. The van der Waals surface area contributed by atoms with E-state index in [-0.39, 0.29) is 12.1 Å². The van der Waals surface area contributed by atoms with Gasteiger partial charge in [0.1, 0.15) is 0 Å². The summed E-state index contributed by atoms with van der Waals surface area (Å²) in [6.07, 6.45) is -0.0463. The highest BCUT2D eigenvalue weighted by atomic mass is 79.9. The van der Waals surface area contributed by atoms with Gasteiger partial charge in [-0.05, 0) is 35.4 Å². The molecular formula is C20H22BrCl2N3O2. The number of benzene rings is 2. The van der Waals surface area contributed by atoms with Crippen molar-refractivity contribution in [1.29, 1.82) is 0 Å². The number of hydrogen-bond donors (Lipinski definition) is 2. The molecule has 1 unspecified atom stereocenters. The molecule has 0 aliphatic carbocycles. The summed E-state index contributed by atoms with van der Waals surface area (Å²) in [6, 6.07) is 13.3. The Morgan fingerprint density at radius 2 is 1.86 bits per heavy atom. The van der Waals surface area contributed by atoms with Crippen LogP contribution in [0.5, 0.6) is 0 Å². The molecule has 5 nitrogen and oxygen atoms in total. The Hall–Kier alpha value is -1.31. The Kier molecular flexibility index (Phi) is 8.00. The van der Waals surface area contributed by atoms with E-state index in [1.54, 1.807) is 0 Å². The Morgan fingerprint density at radius 3 is 2.61 bits per heavy atom. The third-order valence-electron chi connectivity index (χ3n) is 4.47. The molecule has 2 amide bonds. The van der Waals surface area contributed by atoms with Crippen LogP contribution in [0.15, 0.2) is 46.9 Å². The van der Waals surface area contributed by atoms with Crippen LogP contribution in [0, 0.1) is 0 Å². The highest BCUT2D eigenvalue weighted by Crippen LogP contribution is 2.23. The van der Waals surface area contributed by atoms with Crippen LogP contribution in [0.2, 0.25) is 10.0 Å². The second-order valence-electron chi connectivity index (χ2n) is 6.67. The van der Waals surface area contributed by atoms with Crippen LogP contribution in [0.25, 0.3) is 0 Å². The number of carbonyl (C=O) groups excluding carboxylic acids is 1. The molecule has 0 saturated carbocycles. The van der Waals surface area contributed by atoms with Crippen molar-refractivity contribution in [1.82, 2.24) is 15.5 Å². The minimum Gasteiger partial charge on any atom is -0.374 e. The fraction of sp³-hybridized carbons (Fsp3) is 0.350. The number of rotatable bonds is 6. The van der Waals surface area contributed by atoms with Crippen molar-refractivity contribution < 1.29 is 9.53 Å². The highest BCUT2D eigenvalue weighted by Gasteiger charge is 2.21. The van der Waals surface area contributed by atoms with Crippen LogP contribution < -0.4 is 10.6 Å². The van der Waals surface area contributed by atoms with Gasteiger partial charge in [0.25, 0.3) is 0 Å². The van der Waals surface area contributed by atoms with Crippen LogP contribution >= 0.6 is 39.1 Å². The summed E-state index contributed by atoms with van der Waals surface area (Å²) in [5, 5.41) is 6.87. The normalized spacial score (nSPS) is 17.3. The van der Waals surface area contributed by atoms with Crippen molar-refractivity contribution in [3.05, 3.63) is 68.1 Å². The number of amides is 2. The number of hydrogen-bond acceptors (Lipinski definition) is 3. The second kappa shape index (κ2) is 10.5. The Labute approximate surface area is 183 Å². The van der Waals surface area contributed by atoms with E-state index in [2.05, 4.69) is 31.5 Å². The quantitative estimate of drug-likeness (QED) is 0.633. The van der Waals surface area contributed by atoms with Gasteiger partial charge in [-0.25, -0.2) is 4.79 Å². The van der Waals surface area contributed by atoms with Gasteiger partial charge >= 0.3 is 6.03 Å². The molecule has 28 heavy (non-hydrogen) atoms. The second-order valence-corrected chi connectivity index (χ2v) is 8.40. The van der Waals surface area contributed by atoms with Crippen LogP contribution in [0.1, 0.15) is 11.1 Å². The lowest BCUT2D eigenvalue weighted by Gasteiger charge is -2.33. The summed E-state index contributed by atoms with van der Waals surface area (Å²) in [6.45, 7) is 3.93. The average molecular weight is 487 g/mol. The Balaban J connectivity index is 1.41. The number of ether oxygens (including phenoxy) is 1. The van der Waals surface area contributed by atoms with E-state index in [0.29, 0.717) is 29.7 Å². The Bertz CT molecular complexity index is 805. The molecule has 1 saturated heterocycles. The van der Waals surface area contributed by atoms with E-state index in [1.165, 1.54) is 0 Å². The van der Waals surface area contributed by atoms with E-state index in [9.17, 15) is 4.79 Å². The molecule has 2 aromatic carbocycles. The molecule has 2 N–H and O–H groups in total. The van der Waals surface area contributed by atoms with Gasteiger partial charge in [-0.1, -0.05) is 57.3 Å². The first-order chi connectivity index (χ1) is 13.5. The van der Waals surface area contributed by atoms with Gasteiger partial charge in [0.2, 0.25) is 0 Å². The lowest BCUT2D eigenvalue weighted by atomic mass is 10.2. The molecule has 150 valence electrons. The fourth-order valence-electron chi connectivity index (χ4n) is 3.00. The fourth-order valence-corrected chi connectivity index (χ4v) is 3.58. The molecule has 1 atom stereocenters. The minimum atomic E-state index is -0.201. The summed E-state index contributed by atoms with van der Waals surface area (Å²) >= 11 is 15.5. The maximum Gasteiger partial charge on any atom is 0.315 e. The van der Waals surface area contributed by atoms with Gasteiger partial charge in [0.05, 0.1) is 22.8 Å². The van der Waals surface area contributed by atoms with Gasteiger partial charge < -0.3 is 15.4 Å². The van der Waals surface area contributed by atoms with Crippen LogP contribution in [0.3, 0.4) is 0 Å². The van der Waals surface area contributed by atoms with Crippen molar-refractivity contribution in [2.45, 2.75) is 19.2 Å². The predicted octanol–water partition coefficient (Wildman–Crippen LogP) is 4.46. The van der Waals surface area contributed by atoms with E-state index in [1.807, 2.05) is 42.5 Å². The SMILES string of the molecule is O=C(NCc1ccc(Br)cc1)NCC1CN(Cc2ccc(Cl)c(Cl)c2)CCO1. The summed E-state index contributed by atoms with van der Waals surface area (Å²) in [4.78, 5) is 14.3. The van der Waals surface area contributed by atoms with E-state index < -0.39 is 0 Å². The zero-order chi connectivity index (χ0) is 19.9. The number of halogens is 3. The lowest BCUT2D eigenvalue weighted by Crippen LogP contribution is -2.48. The van der Waals surface area contributed by atoms with E-state index >= 15 is 0 Å². The number of nitrogens with zero attached hydrogens (tertiary/aromatic N) is 1. The van der Waals surface area contributed by atoms with Gasteiger partial charge in [-0.2, -0.15) is 0 Å². The van der Waals surface area contributed by atoms with Crippen molar-refractivity contribution >= 4 is 45.2 Å². The van der Waals surface area contributed by atoms with Gasteiger partial charge in [-0.3, -0.25) is 4.90 Å². The molecule has 1 heterocycles. The zero-order valence-corrected chi connectivity index (χ0v) is 18.4. The third-order valence-corrected chi connectivity index (χ3v) is 5.74. The monoisotopic (exact) mass is 485 g/mol. The number of carbonyl (C=O) groups is 1.